The van der Waals surface area contributed by atoms with Gasteiger partial charge in [0.2, 0.25) is 0 Å². The molecular formula is C19H23N3O2S. The lowest BCUT2D eigenvalue weighted by Crippen LogP contribution is -2.27. The summed E-state index contributed by atoms with van der Waals surface area (Å²) >= 11 is 1.66. The molecule has 2 heterocycles. The van der Waals surface area contributed by atoms with Gasteiger partial charge in [-0.05, 0) is 44.4 Å². The maximum absolute atomic E-state index is 10.3. The minimum Gasteiger partial charge on any atom is -0.490 e. The quantitative estimate of drug-likeness (QED) is 0.703. The highest BCUT2D eigenvalue weighted by Gasteiger charge is 2.14. The predicted molar refractivity (Wildman–Crippen MR) is 103 cm³/mol. The molecule has 0 amide bonds. The van der Waals surface area contributed by atoms with Gasteiger partial charge in [-0.1, -0.05) is 18.2 Å². The van der Waals surface area contributed by atoms with E-state index in [0.717, 1.165) is 32.9 Å². The summed E-state index contributed by atoms with van der Waals surface area (Å²) in [5.74, 6) is 1.60. The number of nitrogens with one attached hydrogen (secondary N) is 1. The molecule has 0 radical (unpaired) electrons. The topological polar surface area (TPSA) is 67.3 Å². The van der Waals surface area contributed by atoms with E-state index in [0.29, 0.717) is 6.54 Å². The van der Waals surface area contributed by atoms with Crippen LogP contribution in [0.4, 0.5) is 5.82 Å². The molecule has 0 aliphatic heterocycles. The molecule has 0 aliphatic carbocycles. The molecule has 1 aromatic carbocycles. The van der Waals surface area contributed by atoms with Crippen LogP contribution in [0.2, 0.25) is 0 Å². The second-order valence-corrected chi connectivity index (χ2v) is 7.46. The molecule has 0 fully saturated rings. The number of anilines is 1. The van der Waals surface area contributed by atoms with Crippen molar-refractivity contribution in [2.75, 3.05) is 18.5 Å². The first-order valence-electron chi connectivity index (χ1n) is 8.29. The summed E-state index contributed by atoms with van der Waals surface area (Å²) in [5, 5.41) is 14.5. The minimum atomic E-state index is -0.635. The number of thiophene rings is 1. The molecule has 0 unspecified atom stereocenters. The van der Waals surface area contributed by atoms with E-state index in [2.05, 4.69) is 29.1 Å². The number of fused-ring (bicyclic) bond motifs is 1. The van der Waals surface area contributed by atoms with Crippen LogP contribution in [0.1, 0.15) is 21.6 Å². The lowest BCUT2D eigenvalue weighted by atomic mass is 10.1. The summed E-state index contributed by atoms with van der Waals surface area (Å²) < 4.78 is 5.81. The monoisotopic (exact) mass is 357 g/mol. The number of aryl methyl sites for hydroxylation is 4. The van der Waals surface area contributed by atoms with Crippen LogP contribution in [0.3, 0.4) is 0 Å². The van der Waals surface area contributed by atoms with Crippen LogP contribution < -0.4 is 10.1 Å². The molecule has 3 aromatic rings. The van der Waals surface area contributed by atoms with Crippen LogP contribution in [0.15, 0.2) is 24.5 Å². The van der Waals surface area contributed by atoms with Gasteiger partial charge in [0.25, 0.3) is 0 Å². The molecule has 3 rings (SSSR count). The average Bonchev–Trinajstić information content (AvgIpc) is 2.87. The fourth-order valence-corrected chi connectivity index (χ4v) is 3.79. The second kappa shape index (κ2) is 7.37. The maximum atomic E-state index is 10.3. The molecule has 1 atom stereocenters. The Hall–Kier alpha value is -2.18. The first kappa shape index (κ1) is 17.6. The van der Waals surface area contributed by atoms with Gasteiger partial charge in [0.15, 0.2) is 0 Å². The molecule has 2 N–H and O–H groups in total. The molecule has 0 bridgehead atoms. The number of ether oxygens (including phenoxy) is 1. The van der Waals surface area contributed by atoms with Crippen LogP contribution in [-0.4, -0.2) is 34.3 Å². The Labute approximate surface area is 151 Å². The van der Waals surface area contributed by atoms with E-state index < -0.39 is 6.10 Å². The molecule has 0 saturated heterocycles. The molecule has 5 nitrogen and oxygen atoms in total. The van der Waals surface area contributed by atoms with Gasteiger partial charge in [-0.25, -0.2) is 9.97 Å². The minimum absolute atomic E-state index is 0.231. The van der Waals surface area contributed by atoms with Crippen molar-refractivity contribution in [1.29, 1.82) is 0 Å². The predicted octanol–water partition coefficient (Wildman–Crippen LogP) is 3.78. The fraction of sp³-hybridized carbons (Fsp3) is 0.368. The Morgan fingerprint density at radius 3 is 2.60 bits per heavy atom. The summed E-state index contributed by atoms with van der Waals surface area (Å²) in [6.07, 6.45) is 0.920. The Morgan fingerprint density at radius 1 is 1.16 bits per heavy atom. The van der Waals surface area contributed by atoms with Gasteiger partial charge >= 0.3 is 0 Å². The van der Waals surface area contributed by atoms with E-state index >= 15 is 0 Å². The van der Waals surface area contributed by atoms with Crippen molar-refractivity contribution in [2.24, 2.45) is 0 Å². The summed E-state index contributed by atoms with van der Waals surface area (Å²) in [6, 6.07) is 6.01. The van der Waals surface area contributed by atoms with Gasteiger partial charge in [-0.15, -0.1) is 11.3 Å². The normalized spacial score (nSPS) is 12.4. The lowest BCUT2D eigenvalue weighted by Gasteiger charge is -2.16. The van der Waals surface area contributed by atoms with E-state index in [1.165, 1.54) is 10.4 Å². The smallest absolute Gasteiger partial charge is 0.138 e. The van der Waals surface area contributed by atoms with Gasteiger partial charge in [0.1, 0.15) is 35.4 Å². The third kappa shape index (κ3) is 3.75. The van der Waals surface area contributed by atoms with Crippen LogP contribution in [0.5, 0.6) is 5.75 Å². The highest BCUT2D eigenvalue weighted by atomic mass is 32.1. The zero-order valence-corrected chi connectivity index (χ0v) is 15.8. The number of aromatic nitrogens is 2. The molecule has 132 valence electrons. The molecule has 2 aromatic heterocycles. The zero-order chi connectivity index (χ0) is 18.0. The molecule has 25 heavy (non-hydrogen) atoms. The highest BCUT2D eigenvalue weighted by Crippen LogP contribution is 2.32. The number of nitrogens with zero attached hydrogens (tertiary/aromatic N) is 2. The number of para-hydroxylation sites is 1. The first-order valence-corrected chi connectivity index (χ1v) is 9.10. The van der Waals surface area contributed by atoms with Gasteiger partial charge in [0, 0.05) is 11.4 Å². The van der Waals surface area contributed by atoms with Gasteiger partial charge in [-0.2, -0.15) is 0 Å². The Morgan fingerprint density at radius 2 is 1.88 bits per heavy atom. The highest BCUT2D eigenvalue weighted by molar-refractivity contribution is 7.18. The number of hydrogen-bond donors (Lipinski definition) is 2. The van der Waals surface area contributed by atoms with E-state index in [-0.39, 0.29) is 6.61 Å². The number of benzene rings is 1. The molecule has 0 saturated carbocycles. The van der Waals surface area contributed by atoms with Crippen molar-refractivity contribution in [3.63, 3.8) is 0 Å². The van der Waals surface area contributed by atoms with Gasteiger partial charge in [0.05, 0.1) is 5.39 Å². The zero-order valence-electron chi connectivity index (χ0n) is 15.0. The van der Waals surface area contributed by atoms with Crippen molar-refractivity contribution in [1.82, 2.24) is 9.97 Å². The van der Waals surface area contributed by atoms with E-state index in [1.54, 1.807) is 17.7 Å². The summed E-state index contributed by atoms with van der Waals surface area (Å²) in [4.78, 5) is 10.9. The maximum Gasteiger partial charge on any atom is 0.138 e. The van der Waals surface area contributed by atoms with E-state index in [9.17, 15) is 5.11 Å². The lowest BCUT2D eigenvalue weighted by molar-refractivity contribution is 0.117. The SMILES string of the molecule is Cc1cccc(C)c1OC[C@@H](O)CNc1ncnc2sc(C)c(C)c12. The first-order chi connectivity index (χ1) is 12.0. The van der Waals surface area contributed by atoms with Crippen molar-refractivity contribution >= 4 is 27.4 Å². The van der Waals surface area contributed by atoms with Gasteiger partial charge < -0.3 is 15.2 Å². The summed E-state index contributed by atoms with van der Waals surface area (Å²) in [5.41, 5.74) is 3.33. The number of rotatable bonds is 6. The number of hydrogen-bond acceptors (Lipinski definition) is 6. The second-order valence-electron chi connectivity index (χ2n) is 6.25. The fourth-order valence-electron chi connectivity index (χ4n) is 2.80. The summed E-state index contributed by atoms with van der Waals surface area (Å²) in [6.45, 7) is 8.76. The van der Waals surface area contributed by atoms with Crippen molar-refractivity contribution < 1.29 is 9.84 Å². The van der Waals surface area contributed by atoms with Crippen LogP contribution in [0.25, 0.3) is 10.2 Å². The van der Waals surface area contributed by atoms with Crippen LogP contribution >= 0.6 is 11.3 Å². The standard InChI is InChI=1S/C19H23N3O2S/c1-11-6-5-7-12(2)17(11)24-9-15(23)8-20-18-16-13(3)14(4)25-19(16)22-10-21-18/h5-7,10,15,23H,8-9H2,1-4H3,(H,20,21,22)/t15-/m0/s1. The number of aliphatic hydroxyl groups is 1. The largest absolute Gasteiger partial charge is 0.490 e. The van der Waals surface area contributed by atoms with E-state index in [4.69, 9.17) is 4.74 Å². The third-order valence-corrected chi connectivity index (χ3v) is 5.41. The van der Waals surface area contributed by atoms with Crippen LogP contribution in [0, 0.1) is 27.7 Å². The Kier molecular flexibility index (Phi) is 5.20. The average molecular weight is 357 g/mol. The number of aliphatic hydroxyl groups excluding tert-OH is 1. The van der Waals surface area contributed by atoms with E-state index in [1.807, 2.05) is 32.0 Å². The molecule has 0 spiro atoms. The Balaban J connectivity index is 1.64. The van der Waals surface area contributed by atoms with Crippen LogP contribution in [-0.2, 0) is 0 Å². The van der Waals surface area contributed by atoms with Crippen molar-refractivity contribution in [2.45, 2.75) is 33.8 Å². The van der Waals surface area contributed by atoms with Gasteiger partial charge in [-0.3, -0.25) is 0 Å². The third-order valence-electron chi connectivity index (χ3n) is 4.30. The molecular weight excluding hydrogens is 334 g/mol. The Bertz CT molecular complexity index is 872. The summed E-state index contributed by atoms with van der Waals surface area (Å²) in [7, 11) is 0. The molecule has 0 aliphatic rings. The molecule has 6 heteroatoms. The van der Waals surface area contributed by atoms with Crippen molar-refractivity contribution in [3.8, 4) is 5.75 Å². The van der Waals surface area contributed by atoms with Crippen molar-refractivity contribution in [3.05, 3.63) is 46.1 Å².